The Bertz CT molecular complexity index is 272. The molecule has 2 rings (SSSR count). The van der Waals surface area contributed by atoms with Crippen molar-refractivity contribution >= 4 is 5.91 Å². The summed E-state index contributed by atoms with van der Waals surface area (Å²) in [5, 5.41) is 11.8. The summed E-state index contributed by atoms with van der Waals surface area (Å²) >= 11 is 0. The Hall–Kier alpha value is -1.08. The van der Waals surface area contributed by atoms with E-state index in [1.807, 2.05) is 0 Å². The molecule has 0 radical (unpaired) electrons. The number of amides is 1. The van der Waals surface area contributed by atoms with Gasteiger partial charge in [0, 0.05) is 6.04 Å². The number of hydrogen-bond donors (Lipinski definition) is 1. The van der Waals surface area contributed by atoms with E-state index in [2.05, 4.69) is 11.4 Å². The summed E-state index contributed by atoms with van der Waals surface area (Å²) in [7, 11) is 0. The van der Waals surface area contributed by atoms with Gasteiger partial charge in [0.2, 0.25) is 5.91 Å². The average molecular weight is 194 g/mol. The molecule has 1 amide bonds. The van der Waals surface area contributed by atoms with Crippen LogP contribution < -0.4 is 5.32 Å². The summed E-state index contributed by atoms with van der Waals surface area (Å²) in [4.78, 5) is 11.7. The van der Waals surface area contributed by atoms with Crippen molar-refractivity contribution in [1.82, 2.24) is 5.32 Å². The fourth-order valence-electron chi connectivity index (χ4n) is 1.95. The molecular weight excluding hydrogens is 180 g/mol. The van der Waals surface area contributed by atoms with E-state index >= 15 is 0 Å². The van der Waals surface area contributed by atoms with Crippen LogP contribution in [-0.2, 0) is 9.53 Å². The van der Waals surface area contributed by atoms with E-state index < -0.39 is 5.41 Å². The van der Waals surface area contributed by atoms with Gasteiger partial charge in [-0.2, -0.15) is 5.26 Å². The summed E-state index contributed by atoms with van der Waals surface area (Å²) in [5.74, 6) is -0.141. The minimum atomic E-state index is -0.886. The molecule has 76 valence electrons. The van der Waals surface area contributed by atoms with Gasteiger partial charge in [-0.15, -0.1) is 0 Å². The summed E-state index contributed by atoms with van der Waals surface area (Å²) in [6.07, 6.45) is 4.46. The normalized spacial score (nSPS) is 25.1. The first-order chi connectivity index (χ1) is 6.77. The molecule has 1 aliphatic carbocycles. The predicted molar refractivity (Wildman–Crippen MR) is 49.3 cm³/mol. The van der Waals surface area contributed by atoms with E-state index in [-0.39, 0.29) is 25.2 Å². The summed E-state index contributed by atoms with van der Waals surface area (Å²) in [6, 6.07) is 2.34. The molecular formula is C10H14N2O2. The number of nitriles is 1. The zero-order chi connectivity index (χ0) is 10.0. The molecule has 1 heterocycles. The van der Waals surface area contributed by atoms with E-state index in [0.717, 1.165) is 12.8 Å². The summed E-state index contributed by atoms with van der Waals surface area (Å²) in [6.45, 7) is 0.504. The van der Waals surface area contributed by atoms with Gasteiger partial charge in [0.1, 0.15) is 0 Å². The number of nitrogens with one attached hydrogen (secondary N) is 1. The fourth-order valence-corrected chi connectivity index (χ4v) is 1.95. The maximum atomic E-state index is 11.7. The van der Waals surface area contributed by atoms with Gasteiger partial charge in [-0.25, -0.2) is 0 Å². The molecule has 0 aromatic rings. The van der Waals surface area contributed by atoms with E-state index in [0.29, 0.717) is 0 Å². The third-order valence-corrected chi connectivity index (χ3v) is 3.04. The van der Waals surface area contributed by atoms with Crippen LogP contribution in [0.2, 0.25) is 0 Å². The van der Waals surface area contributed by atoms with Crippen LogP contribution in [-0.4, -0.2) is 25.2 Å². The van der Waals surface area contributed by atoms with Crippen molar-refractivity contribution < 1.29 is 9.53 Å². The van der Waals surface area contributed by atoms with E-state index in [9.17, 15) is 4.79 Å². The molecule has 4 nitrogen and oxygen atoms in total. The topological polar surface area (TPSA) is 62.1 Å². The second kappa shape index (κ2) is 3.58. The number of ether oxygens (including phenoxy) is 1. The van der Waals surface area contributed by atoms with Crippen molar-refractivity contribution in [2.24, 2.45) is 5.41 Å². The van der Waals surface area contributed by atoms with Gasteiger partial charge in [-0.05, 0) is 12.8 Å². The van der Waals surface area contributed by atoms with Crippen molar-refractivity contribution in [3.63, 3.8) is 0 Å². The highest BCUT2D eigenvalue weighted by atomic mass is 16.5. The number of carbonyl (C=O) groups excluding carboxylic acids is 1. The quantitative estimate of drug-likeness (QED) is 0.699. The van der Waals surface area contributed by atoms with Gasteiger partial charge < -0.3 is 10.1 Å². The number of nitrogens with zero attached hydrogens (tertiary/aromatic N) is 1. The molecule has 0 aromatic carbocycles. The smallest absolute Gasteiger partial charge is 0.245 e. The molecule has 2 fully saturated rings. The number of carbonyl (C=O) groups is 1. The highest BCUT2D eigenvalue weighted by molar-refractivity contribution is 5.86. The van der Waals surface area contributed by atoms with Gasteiger partial charge in [-0.3, -0.25) is 4.79 Å². The molecule has 14 heavy (non-hydrogen) atoms. The van der Waals surface area contributed by atoms with Crippen LogP contribution in [0.15, 0.2) is 0 Å². The lowest BCUT2D eigenvalue weighted by molar-refractivity contribution is -0.150. The van der Waals surface area contributed by atoms with E-state index in [1.54, 1.807) is 0 Å². The lowest BCUT2D eigenvalue weighted by atomic mass is 9.86. The molecule has 2 aliphatic rings. The van der Waals surface area contributed by atoms with Crippen molar-refractivity contribution in [3.8, 4) is 6.07 Å². The van der Waals surface area contributed by atoms with Gasteiger partial charge in [0.25, 0.3) is 0 Å². The summed E-state index contributed by atoms with van der Waals surface area (Å²) in [5.41, 5.74) is -0.886. The van der Waals surface area contributed by atoms with Crippen LogP contribution >= 0.6 is 0 Å². The van der Waals surface area contributed by atoms with Gasteiger partial charge in [0.05, 0.1) is 19.3 Å². The minimum absolute atomic E-state index is 0.141. The Balaban J connectivity index is 1.91. The molecule has 0 aromatic heterocycles. The first kappa shape index (κ1) is 9.47. The first-order valence-electron chi connectivity index (χ1n) is 5.07. The predicted octanol–water partition coefficient (Wildman–Crippen LogP) is 0.585. The third kappa shape index (κ3) is 1.48. The Morgan fingerprint density at radius 3 is 2.50 bits per heavy atom. The highest BCUT2D eigenvalue weighted by Crippen LogP contribution is 2.28. The lowest BCUT2D eigenvalue weighted by Crippen LogP contribution is -2.54. The van der Waals surface area contributed by atoms with Crippen molar-refractivity contribution in [2.75, 3.05) is 13.2 Å². The SMILES string of the molecule is N#CC1(C(=O)NC2CCCC2)COC1. The highest BCUT2D eigenvalue weighted by Gasteiger charge is 2.47. The van der Waals surface area contributed by atoms with Gasteiger partial charge in [-0.1, -0.05) is 12.8 Å². The second-order valence-electron chi connectivity index (χ2n) is 4.14. The van der Waals surface area contributed by atoms with Crippen molar-refractivity contribution in [2.45, 2.75) is 31.7 Å². The molecule has 0 spiro atoms. The zero-order valence-corrected chi connectivity index (χ0v) is 8.08. The van der Waals surface area contributed by atoms with Gasteiger partial charge in [0.15, 0.2) is 5.41 Å². The molecule has 4 heteroatoms. The van der Waals surface area contributed by atoms with Crippen molar-refractivity contribution in [3.05, 3.63) is 0 Å². The van der Waals surface area contributed by atoms with Crippen LogP contribution in [0.4, 0.5) is 0 Å². The Kier molecular flexibility index (Phi) is 2.42. The standard InChI is InChI=1S/C10H14N2O2/c11-5-10(6-14-7-10)9(13)12-8-3-1-2-4-8/h8H,1-4,6-7H2,(H,12,13). The Morgan fingerprint density at radius 1 is 1.43 bits per heavy atom. The number of hydrogen-bond acceptors (Lipinski definition) is 3. The minimum Gasteiger partial charge on any atom is -0.377 e. The molecule has 1 aliphatic heterocycles. The van der Waals surface area contributed by atoms with E-state index in [1.165, 1.54) is 12.8 Å². The Morgan fingerprint density at radius 2 is 2.07 bits per heavy atom. The molecule has 0 bridgehead atoms. The van der Waals surface area contributed by atoms with Crippen LogP contribution in [0, 0.1) is 16.7 Å². The van der Waals surface area contributed by atoms with E-state index in [4.69, 9.17) is 10.00 Å². The Labute approximate surface area is 83.2 Å². The van der Waals surface area contributed by atoms with Crippen LogP contribution in [0.5, 0.6) is 0 Å². The largest absolute Gasteiger partial charge is 0.377 e. The average Bonchev–Trinajstić information content (AvgIpc) is 2.55. The molecule has 0 atom stereocenters. The number of rotatable bonds is 2. The first-order valence-corrected chi connectivity index (χ1v) is 5.07. The summed E-state index contributed by atoms with van der Waals surface area (Å²) < 4.78 is 4.93. The molecule has 1 N–H and O–H groups in total. The maximum absolute atomic E-state index is 11.7. The van der Waals surface area contributed by atoms with Gasteiger partial charge >= 0.3 is 0 Å². The van der Waals surface area contributed by atoms with Crippen molar-refractivity contribution in [1.29, 1.82) is 5.26 Å². The molecule has 1 saturated carbocycles. The fraction of sp³-hybridized carbons (Fsp3) is 0.800. The van der Waals surface area contributed by atoms with Crippen LogP contribution in [0.25, 0.3) is 0 Å². The van der Waals surface area contributed by atoms with Crippen LogP contribution in [0.1, 0.15) is 25.7 Å². The zero-order valence-electron chi connectivity index (χ0n) is 8.08. The monoisotopic (exact) mass is 194 g/mol. The second-order valence-corrected chi connectivity index (χ2v) is 4.14. The maximum Gasteiger partial charge on any atom is 0.245 e. The lowest BCUT2D eigenvalue weighted by Gasteiger charge is -2.34. The third-order valence-electron chi connectivity index (χ3n) is 3.04. The molecule has 1 saturated heterocycles. The molecule has 0 unspecified atom stereocenters. The van der Waals surface area contributed by atoms with Crippen LogP contribution in [0.3, 0.4) is 0 Å².